The number of anilines is 1. The van der Waals surface area contributed by atoms with E-state index in [1.807, 2.05) is 30.3 Å². The molecule has 0 bridgehead atoms. The highest BCUT2D eigenvalue weighted by Gasteiger charge is 2.32. The summed E-state index contributed by atoms with van der Waals surface area (Å²) in [5.74, 6) is -0.873. The van der Waals surface area contributed by atoms with Crippen molar-refractivity contribution in [2.45, 2.75) is 24.4 Å². The van der Waals surface area contributed by atoms with Gasteiger partial charge in [-0.25, -0.2) is 8.42 Å². The lowest BCUT2D eigenvalue weighted by atomic mass is 10.1. The highest BCUT2D eigenvalue weighted by atomic mass is 35.5. The molecule has 2 amide bonds. The van der Waals surface area contributed by atoms with Crippen molar-refractivity contribution in [3.8, 4) is 0 Å². The maximum absolute atomic E-state index is 13.6. The van der Waals surface area contributed by atoms with Gasteiger partial charge >= 0.3 is 0 Å². The molecule has 0 heterocycles. The van der Waals surface area contributed by atoms with Gasteiger partial charge in [0.15, 0.2) is 0 Å². The number of hydrogen-bond donors (Lipinski definition) is 1. The van der Waals surface area contributed by atoms with Gasteiger partial charge in [0.05, 0.1) is 10.6 Å². The van der Waals surface area contributed by atoms with Crippen molar-refractivity contribution in [3.63, 3.8) is 0 Å². The first-order valence-corrected chi connectivity index (χ1v) is 12.4. The summed E-state index contributed by atoms with van der Waals surface area (Å²) in [5, 5.41) is 2.99. The fourth-order valence-corrected chi connectivity index (χ4v) is 4.99. The molecule has 178 valence electrons. The van der Waals surface area contributed by atoms with Gasteiger partial charge in [-0.2, -0.15) is 0 Å². The van der Waals surface area contributed by atoms with E-state index in [0.717, 1.165) is 9.87 Å². The molecule has 0 aliphatic heterocycles. The molecule has 0 radical (unpaired) electrons. The zero-order chi connectivity index (χ0) is 24.7. The smallest absolute Gasteiger partial charge is 0.264 e. The summed E-state index contributed by atoms with van der Waals surface area (Å²) in [4.78, 5) is 27.4. The van der Waals surface area contributed by atoms with Crippen LogP contribution in [0.3, 0.4) is 0 Å². The summed E-state index contributed by atoms with van der Waals surface area (Å²) in [6.45, 7) is 1.26. The van der Waals surface area contributed by atoms with E-state index >= 15 is 0 Å². The molecule has 0 fully saturated rings. The van der Waals surface area contributed by atoms with Gasteiger partial charge in [-0.15, -0.1) is 0 Å². The van der Waals surface area contributed by atoms with Crippen molar-refractivity contribution in [3.05, 3.63) is 95.5 Å². The Morgan fingerprint density at radius 2 is 1.47 bits per heavy atom. The number of benzene rings is 3. The fourth-order valence-electron chi connectivity index (χ4n) is 3.43. The van der Waals surface area contributed by atoms with Crippen LogP contribution in [0.15, 0.2) is 89.8 Å². The molecule has 0 aromatic heterocycles. The Hall–Kier alpha value is -3.36. The van der Waals surface area contributed by atoms with Crippen molar-refractivity contribution in [1.82, 2.24) is 10.2 Å². The van der Waals surface area contributed by atoms with Crippen molar-refractivity contribution in [1.29, 1.82) is 0 Å². The van der Waals surface area contributed by atoms with E-state index in [1.54, 1.807) is 49.4 Å². The van der Waals surface area contributed by atoms with Crippen LogP contribution in [0, 0.1) is 0 Å². The molecule has 0 saturated carbocycles. The van der Waals surface area contributed by atoms with E-state index in [2.05, 4.69) is 5.32 Å². The number of nitrogens with one attached hydrogen (secondary N) is 1. The Kier molecular flexibility index (Phi) is 8.31. The molecule has 0 saturated heterocycles. The molecule has 1 N–H and O–H groups in total. The first kappa shape index (κ1) is 25.3. The predicted octanol–water partition coefficient (Wildman–Crippen LogP) is 3.70. The number of hydrogen-bond acceptors (Lipinski definition) is 4. The standard InChI is InChI=1S/C25H26ClN3O4S/c1-19(25(31)27-2)28(17-20-9-5-3-6-10-20)24(30)18-29(22-15-13-21(26)14-16-22)34(32,33)23-11-7-4-8-12-23/h3-16,19H,17-18H2,1-2H3,(H,27,31)/t19-/m1/s1. The van der Waals surface area contributed by atoms with Crippen LogP contribution < -0.4 is 9.62 Å². The number of nitrogens with zero attached hydrogens (tertiary/aromatic N) is 2. The Morgan fingerprint density at radius 1 is 0.912 bits per heavy atom. The van der Waals surface area contributed by atoms with E-state index in [1.165, 1.54) is 24.1 Å². The molecule has 0 unspecified atom stereocenters. The lowest BCUT2D eigenvalue weighted by Gasteiger charge is -2.31. The van der Waals surface area contributed by atoms with E-state index in [9.17, 15) is 18.0 Å². The van der Waals surface area contributed by atoms with Gasteiger partial charge in [-0.1, -0.05) is 60.1 Å². The van der Waals surface area contributed by atoms with Crippen LogP contribution in [-0.2, 0) is 26.2 Å². The van der Waals surface area contributed by atoms with Crippen LogP contribution in [0.4, 0.5) is 5.69 Å². The SMILES string of the molecule is CNC(=O)[C@@H](C)N(Cc1ccccc1)C(=O)CN(c1ccc(Cl)cc1)S(=O)(=O)c1ccccc1. The van der Waals surface area contributed by atoms with Crippen LogP contribution in [0.25, 0.3) is 0 Å². The third-order valence-corrected chi connectivity index (χ3v) is 7.37. The van der Waals surface area contributed by atoms with Crippen LogP contribution in [0.1, 0.15) is 12.5 Å². The minimum Gasteiger partial charge on any atom is -0.357 e. The van der Waals surface area contributed by atoms with Gasteiger partial charge in [-0.3, -0.25) is 13.9 Å². The summed E-state index contributed by atoms with van der Waals surface area (Å²) < 4.78 is 28.1. The number of rotatable bonds is 9. The summed E-state index contributed by atoms with van der Waals surface area (Å²) in [7, 11) is -2.59. The normalized spacial score (nSPS) is 12.0. The molecule has 3 rings (SSSR count). The van der Waals surface area contributed by atoms with E-state index in [0.29, 0.717) is 5.02 Å². The molecular formula is C25H26ClN3O4S. The van der Waals surface area contributed by atoms with Crippen molar-refractivity contribution >= 4 is 39.1 Å². The number of halogens is 1. The number of carbonyl (C=O) groups is 2. The first-order chi connectivity index (χ1) is 16.2. The summed E-state index contributed by atoms with van der Waals surface area (Å²) in [5.41, 5.74) is 1.10. The second kappa shape index (κ2) is 11.2. The number of amides is 2. The van der Waals surface area contributed by atoms with Gasteiger partial charge in [0.25, 0.3) is 10.0 Å². The van der Waals surface area contributed by atoms with Gasteiger partial charge in [0.2, 0.25) is 11.8 Å². The van der Waals surface area contributed by atoms with E-state index in [-0.39, 0.29) is 23.0 Å². The Labute approximate surface area is 205 Å². The van der Waals surface area contributed by atoms with Crippen molar-refractivity contribution in [2.24, 2.45) is 0 Å². The minimum atomic E-state index is -4.08. The monoisotopic (exact) mass is 499 g/mol. The third kappa shape index (κ3) is 5.95. The predicted molar refractivity (Wildman–Crippen MR) is 133 cm³/mol. The molecule has 9 heteroatoms. The number of likely N-dealkylation sites (N-methyl/N-ethyl adjacent to an activating group) is 1. The van der Waals surface area contributed by atoms with Crippen LogP contribution in [0.5, 0.6) is 0 Å². The molecular weight excluding hydrogens is 474 g/mol. The number of sulfonamides is 1. The van der Waals surface area contributed by atoms with Crippen LogP contribution in [-0.4, -0.2) is 44.8 Å². The minimum absolute atomic E-state index is 0.0479. The molecule has 34 heavy (non-hydrogen) atoms. The highest BCUT2D eigenvalue weighted by molar-refractivity contribution is 7.92. The zero-order valence-electron chi connectivity index (χ0n) is 18.9. The second-order valence-corrected chi connectivity index (χ2v) is 9.90. The van der Waals surface area contributed by atoms with Gasteiger partial charge in [-0.05, 0) is 48.9 Å². The van der Waals surface area contributed by atoms with Crippen molar-refractivity contribution in [2.75, 3.05) is 17.9 Å². The molecule has 3 aromatic carbocycles. The Morgan fingerprint density at radius 3 is 2.03 bits per heavy atom. The van der Waals surface area contributed by atoms with Gasteiger partial charge in [0, 0.05) is 18.6 Å². The summed E-state index contributed by atoms with van der Waals surface area (Å²) in [6, 6.07) is 22.5. The average Bonchev–Trinajstić information content (AvgIpc) is 2.86. The van der Waals surface area contributed by atoms with Crippen molar-refractivity contribution < 1.29 is 18.0 Å². The molecule has 0 aliphatic carbocycles. The van der Waals surface area contributed by atoms with Crippen LogP contribution in [0.2, 0.25) is 5.02 Å². The van der Waals surface area contributed by atoms with Gasteiger partial charge < -0.3 is 10.2 Å². The van der Waals surface area contributed by atoms with Crippen LogP contribution >= 0.6 is 11.6 Å². The molecule has 0 aliphatic rings. The number of carbonyl (C=O) groups excluding carboxylic acids is 2. The molecule has 7 nitrogen and oxygen atoms in total. The van der Waals surface area contributed by atoms with E-state index in [4.69, 9.17) is 11.6 Å². The third-order valence-electron chi connectivity index (χ3n) is 5.33. The molecule has 0 spiro atoms. The highest BCUT2D eigenvalue weighted by Crippen LogP contribution is 2.26. The molecule has 1 atom stereocenters. The summed E-state index contributed by atoms with van der Waals surface area (Å²) >= 11 is 6.00. The average molecular weight is 500 g/mol. The lowest BCUT2D eigenvalue weighted by Crippen LogP contribution is -2.50. The topological polar surface area (TPSA) is 86.8 Å². The largest absolute Gasteiger partial charge is 0.357 e. The molecule has 3 aromatic rings. The first-order valence-electron chi connectivity index (χ1n) is 10.6. The zero-order valence-corrected chi connectivity index (χ0v) is 20.5. The van der Waals surface area contributed by atoms with Gasteiger partial charge in [0.1, 0.15) is 12.6 Å². The lowest BCUT2D eigenvalue weighted by molar-refractivity contribution is -0.139. The maximum Gasteiger partial charge on any atom is 0.264 e. The maximum atomic E-state index is 13.6. The fraction of sp³-hybridized carbons (Fsp3) is 0.200. The Bertz CT molecular complexity index is 1220. The van der Waals surface area contributed by atoms with E-state index < -0.39 is 28.5 Å². The Balaban J connectivity index is 2.00. The quantitative estimate of drug-likeness (QED) is 0.486. The second-order valence-electron chi connectivity index (χ2n) is 7.60. The summed E-state index contributed by atoms with van der Waals surface area (Å²) in [6.07, 6.45) is 0.